The normalized spacial score (nSPS) is 10.9. The molecule has 76 valence electrons. The van der Waals surface area contributed by atoms with Crippen molar-refractivity contribution < 1.29 is 8.42 Å². The first-order valence-corrected chi connectivity index (χ1v) is 5.70. The summed E-state index contributed by atoms with van der Waals surface area (Å²) in [6.45, 7) is 1.87. The first-order chi connectivity index (χ1) is 6.42. The Kier molecular flexibility index (Phi) is 3.07. The van der Waals surface area contributed by atoms with Gasteiger partial charge >= 0.3 is 0 Å². The maximum Gasteiger partial charge on any atom is 0.263 e. The quantitative estimate of drug-likeness (QED) is 0.726. The van der Waals surface area contributed by atoms with Gasteiger partial charge in [0, 0.05) is 0 Å². The molecule has 6 heteroatoms. The molecule has 0 bridgehead atoms. The fourth-order valence-electron chi connectivity index (χ4n) is 0.909. The second kappa shape index (κ2) is 3.93. The Hall–Kier alpha value is -1.14. The van der Waals surface area contributed by atoms with E-state index in [4.69, 9.17) is 5.73 Å². The van der Waals surface area contributed by atoms with E-state index in [9.17, 15) is 8.42 Å². The first kappa shape index (κ1) is 10.9. The van der Waals surface area contributed by atoms with Crippen LogP contribution in [0.25, 0.3) is 0 Å². The molecule has 4 nitrogen and oxygen atoms in total. The Labute approximate surface area is 88.2 Å². The van der Waals surface area contributed by atoms with Crippen LogP contribution in [0.5, 0.6) is 0 Å². The molecule has 1 aromatic rings. The van der Waals surface area contributed by atoms with Crippen molar-refractivity contribution in [2.45, 2.75) is 11.8 Å². The number of sulfonamides is 1. The predicted octanol–water partition coefficient (Wildman–Crippen LogP) is 0.517. The summed E-state index contributed by atoms with van der Waals surface area (Å²) in [4.78, 5) is 0.149. The number of aryl methyl sites for hydroxylation is 1. The molecule has 0 aromatic heterocycles. The van der Waals surface area contributed by atoms with Crippen LogP contribution in [0.4, 0.5) is 0 Å². The van der Waals surface area contributed by atoms with Gasteiger partial charge in [-0.1, -0.05) is 17.7 Å². The molecule has 0 aliphatic heterocycles. The van der Waals surface area contributed by atoms with Crippen LogP contribution in [-0.4, -0.2) is 13.5 Å². The zero-order valence-corrected chi connectivity index (χ0v) is 9.15. The molecule has 0 spiro atoms. The summed E-state index contributed by atoms with van der Waals surface area (Å²) in [7, 11) is -3.59. The van der Waals surface area contributed by atoms with Gasteiger partial charge in [0.05, 0.1) is 4.90 Å². The van der Waals surface area contributed by atoms with E-state index >= 15 is 0 Å². The fourth-order valence-corrected chi connectivity index (χ4v) is 2.11. The minimum atomic E-state index is -3.59. The van der Waals surface area contributed by atoms with E-state index in [0.29, 0.717) is 0 Å². The summed E-state index contributed by atoms with van der Waals surface area (Å²) >= 11 is 4.46. The molecular weight excluding hydrogens is 220 g/mol. The zero-order valence-electron chi connectivity index (χ0n) is 7.52. The summed E-state index contributed by atoms with van der Waals surface area (Å²) in [5, 5.41) is -0.259. The summed E-state index contributed by atoms with van der Waals surface area (Å²) in [5.41, 5.74) is 6.07. The highest BCUT2D eigenvalue weighted by atomic mass is 32.2. The monoisotopic (exact) mass is 230 g/mol. The number of rotatable bonds is 2. The molecule has 0 saturated carbocycles. The predicted molar refractivity (Wildman–Crippen MR) is 58.3 cm³/mol. The number of nitrogens with one attached hydrogen (secondary N) is 1. The fraction of sp³-hybridized carbons (Fsp3) is 0.125. The molecular formula is C8H10N2O2S2. The van der Waals surface area contributed by atoms with Crippen molar-refractivity contribution in [1.82, 2.24) is 4.72 Å². The van der Waals surface area contributed by atoms with Crippen LogP contribution < -0.4 is 10.5 Å². The SMILES string of the molecule is Cc1ccc(S(=O)(=O)NC(N)=S)cc1. The van der Waals surface area contributed by atoms with Crippen LogP contribution in [0, 0.1) is 6.92 Å². The largest absolute Gasteiger partial charge is 0.376 e. The summed E-state index contributed by atoms with van der Waals surface area (Å²) in [6.07, 6.45) is 0. The molecule has 0 saturated heterocycles. The van der Waals surface area contributed by atoms with Gasteiger partial charge in [-0.05, 0) is 31.3 Å². The molecule has 0 atom stereocenters. The van der Waals surface area contributed by atoms with E-state index in [1.54, 1.807) is 12.1 Å². The van der Waals surface area contributed by atoms with Gasteiger partial charge in [0.1, 0.15) is 0 Å². The van der Waals surface area contributed by atoms with E-state index in [2.05, 4.69) is 12.2 Å². The molecule has 1 rings (SSSR count). The molecule has 0 amide bonds. The minimum Gasteiger partial charge on any atom is -0.376 e. The number of hydrogen-bond donors (Lipinski definition) is 2. The van der Waals surface area contributed by atoms with Gasteiger partial charge < -0.3 is 5.73 Å². The molecule has 14 heavy (non-hydrogen) atoms. The van der Waals surface area contributed by atoms with Gasteiger partial charge in [-0.3, -0.25) is 4.72 Å². The highest BCUT2D eigenvalue weighted by molar-refractivity contribution is 7.91. The standard InChI is InChI=1S/C8H10N2O2S2/c1-6-2-4-7(5-3-6)14(11,12)10-8(9)13/h2-5H,1H3,(H3,9,10,13). The molecule has 0 aliphatic rings. The maximum atomic E-state index is 11.5. The highest BCUT2D eigenvalue weighted by Crippen LogP contribution is 2.09. The van der Waals surface area contributed by atoms with E-state index in [1.807, 2.05) is 11.6 Å². The molecule has 0 radical (unpaired) electrons. The van der Waals surface area contributed by atoms with Crippen molar-refractivity contribution >= 4 is 27.4 Å². The Morgan fingerprint density at radius 3 is 2.29 bits per heavy atom. The van der Waals surface area contributed by atoms with E-state index in [0.717, 1.165) is 5.56 Å². The number of thiocarbonyl (C=S) groups is 1. The van der Waals surface area contributed by atoms with Crippen molar-refractivity contribution in [3.8, 4) is 0 Å². The summed E-state index contributed by atoms with van der Waals surface area (Å²) in [6, 6.07) is 6.40. The Balaban J connectivity index is 3.05. The number of hydrogen-bond acceptors (Lipinski definition) is 3. The molecule has 0 aliphatic carbocycles. The average molecular weight is 230 g/mol. The van der Waals surface area contributed by atoms with Crippen LogP contribution >= 0.6 is 12.2 Å². The van der Waals surface area contributed by atoms with Crippen LogP contribution in [0.3, 0.4) is 0 Å². The Bertz CT molecular complexity index is 437. The van der Waals surface area contributed by atoms with Gasteiger partial charge in [0.25, 0.3) is 10.0 Å². The lowest BCUT2D eigenvalue weighted by Gasteiger charge is -2.05. The molecule has 3 N–H and O–H groups in total. The van der Waals surface area contributed by atoms with Crippen molar-refractivity contribution in [1.29, 1.82) is 0 Å². The van der Waals surface area contributed by atoms with Crippen molar-refractivity contribution in [3.63, 3.8) is 0 Å². The second-order valence-electron chi connectivity index (χ2n) is 2.78. The molecule has 0 fully saturated rings. The summed E-state index contributed by atoms with van der Waals surface area (Å²) < 4.78 is 25.0. The lowest BCUT2D eigenvalue weighted by atomic mass is 10.2. The van der Waals surface area contributed by atoms with Crippen molar-refractivity contribution in [3.05, 3.63) is 29.8 Å². The van der Waals surface area contributed by atoms with Crippen LogP contribution in [0.15, 0.2) is 29.2 Å². The third kappa shape index (κ3) is 2.68. The van der Waals surface area contributed by atoms with Gasteiger partial charge in [-0.2, -0.15) is 0 Å². The molecule has 0 heterocycles. The van der Waals surface area contributed by atoms with Crippen molar-refractivity contribution in [2.24, 2.45) is 5.73 Å². The van der Waals surface area contributed by atoms with Gasteiger partial charge in [-0.25, -0.2) is 8.42 Å². The highest BCUT2D eigenvalue weighted by Gasteiger charge is 2.13. The minimum absolute atomic E-state index is 0.149. The first-order valence-electron chi connectivity index (χ1n) is 3.81. The van der Waals surface area contributed by atoms with E-state index < -0.39 is 10.0 Å². The van der Waals surface area contributed by atoms with E-state index in [1.165, 1.54) is 12.1 Å². The Morgan fingerprint density at radius 1 is 1.36 bits per heavy atom. The van der Waals surface area contributed by atoms with Crippen LogP contribution in [0.2, 0.25) is 0 Å². The smallest absolute Gasteiger partial charge is 0.263 e. The third-order valence-electron chi connectivity index (χ3n) is 1.57. The van der Waals surface area contributed by atoms with Crippen molar-refractivity contribution in [2.75, 3.05) is 0 Å². The number of nitrogens with two attached hydrogens (primary N) is 1. The van der Waals surface area contributed by atoms with E-state index in [-0.39, 0.29) is 10.0 Å². The molecule has 0 unspecified atom stereocenters. The summed E-state index contributed by atoms with van der Waals surface area (Å²) in [5.74, 6) is 0. The average Bonchev–Trinajstić information content (AvgIpc) is 2.02. The van der Waals surface area contributed by atoms with Gasteiger partial charge in [0.2, 0.25) is 0 Å². The van der Waals surface area contributed by atoms with Gasteiger partial charge in [-0.15, -0.1) is 0 Å². The number of benzene rings is 1. The Morgan fingerprint density at radius 2 is 1.86 bits per heavy atom. The maximum absolute atomic E-state index is 11.5. The molecule has 1 aromatic carbocycles. The van der Waals surface area contributed by atoms with Crippen LogP contribution in [-0.2, 0) is 10.0 Å². The lowest BCUT2D eigenvalue weighted by molar-refractivity contribution is 0.592. The van der Waals surface area contributed by atoms with Gasteiger partial charge in [0.15, 0.2) is 5.11 Å². The second-order valence-corrected chi connectivity index (χ2v) is 4.91. The van der Waals surface area contributed by atoms with Crippen LogP contribution in [0.1, 0.15) is 5.56 Å². The zero-order chi connectivity index (χ0) is 10.8. The lowest BCUT2D eigenvalue weighted by Crippen LogP contribution is -2.34. The third-order valence-corrected chi connectivity index (χ3v) is 3.18. The topological polar surface area (TPSA) is 72.2 Å².